The number of rotatable bonds is 10. The van der Waals surface area contributed by atoms with Crippen LogP contribution in [0.1, 0.15) is 37.4 Å². The van der Waals surface area contributed by atoms with Gasteiger partial charge in [-0.3, -0.25) is 14.6 Å². The molecule has 0 aliphatic carbocycles. The predicted octanol–water partition coefficient (Wildman–Crippen LogP) is 3.34. The fraction of sp³-hybridized carbons (Fsp3) is 0.375. The Balaban J connectivity index is 2.14. The van der Waals surface area contributed by atoms with Gasteiger partial charge in [-0.15, -0.1) is 0 Å². The fourth-order valence-corrected chi connectivity index (χ4v) is 3.74. The zero-order chi connectivity index (χ0) is 23.1. The van der Waals surface area contributed by atoms with E-state index in [4.69, 9.17) is 14.2 Å². The van der Waals surface area contributed by atoms with Crippen LogP contribution in [0.2, 0.25) is 0 Å². The van der Waals surface area contributed by atoms with Crippen molar-refractivity contribution in [2.24, 2.45) is 0 Å². The third-order valence-electron chi connectivity index (χ3n) is 5.12. The number of benzene rings is 1. The highest BCUT2D eigenvalue weighted by Gasteiger charge is 2.46. The first-order valence-corrected chi connectivity index (χ1v) is 10.6. The summed E-state index contributed by atoms with van der Waals surface area (Å²) in [5.74, 6) is -0.541. The summed E-state index contributed by atoms with van der Waals surface area (Å²) in [6, 6.07) is 7.71. The minimum Gasteiger partial charge on any atom is -0.507 e. The minimum absolute atomic E-state index is 0.0326. The average molecular weight is 440 g/mol. The van der Waals surface area contributed by atoms with Gasteiger partial charge in [-0.05, 0) is 50.1 Å². The van der Waals surface area contributed by atoms with Crippen LogP contribution in [0.3, 0.4) is 0 Å². The number of hydrogen-bond acceptors (Lipinski definition) is 7. The number of nitrogens with zero attached hydrogens (tertiary/aromatic N) is 2. The standard InChI is InChI=1S/C24H28N2O6/c1-4-31-18-8-7-17(15-19(18)32-5-2)21-20(22(27)16-9-11-25-12-10-16)23(28)24(29)26(21)13-6-14-30-3/h7-12,15,21,27H,4-6,13-14H2,1-3H3. The van der Waals surface area contributed by atoms with Gasteiger partial charge in [0.05, 0.1) is 24.8 Å². The van der Waals surface area contributed by atoms with Gasteiger partial charge in [-0.2, -0.15) is 0 Å². The van der Waals surface area contributed by atoms with Crippen molar-refractivity contribution in [1.29, 1.82) is 0 Å². The van der Waals surface area contributed by atoms with Gasteiger partial charge in [0.2, 0.25) is 0 Å². The minimum atomic E-state index is -0.769. The molecule has 2 aromatic rings. The number of carbonyl (C=O) groups excluding carboxylic acids is 2. The molecule has 1 aliphatic rings. The van der Waals surface area contributed by atoms with Crippen molar-refractivity contribution < 1.29 is 28.9 Å². The maximum absolute atomic E-state index is 13.0. The summed E-state index contributed by atoms with van der Waals surface area (Å²) in [6.07, 6.45) is 3.58. The number of Topliss-reactive ketones (excluding diaryl/α,β-unsaturated/α-hetero) is 1. The lowest BCUT2D eigenvalue weighted by atomic mass is 9.95. The number of aliphatic hydroxyl groups is 1. The lowest BCUT2D eigenvalue weighted by Crippen LogP contribution is -2.31. The largest absolute Gasteiger partial charge is 0.507 e. The fourth-order valence-electron chi connectivity index (χ4n) is 3.74. The third kappa shape index (κ3) is 4.75. The lowest BCUT2D eigenvalue weighted by molar-refractivity contribution is -0.140. The molecule has 1 unspecified atom stereocenters. The molecule has 1 fully saturated rings. The van der Waals surface area contributed by atoms with Crippen LogP contribution in [-0.4, -0.2) is 60.2 Å². The third-order valence-corrected chi connectivity index (χ3v) is 5.12. The Morgan fingerprint density at radius 1 is 1.06 bits per heavy atom. The Morgan fingerprint density at radius 2 is 1.75 bits per heavy atom. The van der Waals surface area contributed by atoms with E-state index in [0.29, 0.717) is 55.4 Å². The molecule has 1 saturated heterocycles. The van der Waals surface area contributed by atoms with Gasteiger partial charge in [0.15, 0.2) is 11.5 Å². The average Bonchev–Trinajstić information content (AvgIpc) is 3.06. The van der Waals surface area contributed by atoms with Crippen molar-refractivity contribution in [3.63, 3.8) is 0 Å². The summed E-state index contributed by atoms with van der Waals surface area (Å²) in [6.45, 7) is 5.37. The molecular weight excluding hydrogens is 412 g/mol. The molecule has 8 heteroatoms. The molecule has 1 aliphatic heterocycles. The Kier molecular flexibility index (Phi) is 7.83. The van der Waals surface area contributed by atoms with Crippen LogP contribution in [0.5, 0.6) is 11.5 Å². The number of ether oxygens (including phenoxy) is 3. The van der Waals surface area contributed by atoms with Crippen molar-refractivity contribution >= 4 is 17.4 Å². The van der Waals surface area contributed by atoms with Crippen LogP contribution in [0.25, 0.3) is 5.76 Å². The first-order valence-electron chi connectivity index (χ1n) is 10.6. The maximum Gasteiger partial charge on any atom is 0.295 e. The van der Waals surface area contributed by atoms with E-state index in [1.54, 1.807) is 37.4 Å². The van der Waals surface area contributed by atoms with E-state index in [0.717, 1.165) is 0 Å². The second kappa shape index (κ2) is 10.8. The summed E-state index contributed by atoms with van der Waals surface area (Å²) in [5.41, 5.74) is 1.09. The molecule has 32 heavy (non-hydrogen) atoms. The lowest BCUT2D eigenvalue weighted by Gasteiger charge is -2.26. The Morgan fingerprint density at radius 3 is 2.41 bits per heavy atom. The van der Waals surface area contributed by atoms with Gasteiger partial charge in [0.25, 0.3) is 11.7 Å². The van der Waals surface area contributed by atoms with Crippen molar-refractivity contribution in [3.05, 3.63) is 59.4 Å². The van der Waals surface area contributed by atoms with Gasteiger partial charge in [0, 0.05) is 38.2 Å². The van der Waals surface area contributed by atoms with Crippen LogP contribution in [0.4, 0.5) is 0 Å². The molecule has 0 bridgehead atoms. The first-order chi connectivity index (χ1) is 15.5. The van der Waals surface area contributed by atoms with E-state index < -0.39 is 17.7 Å². The van der Waals surface area contributed by atoms with E-state index >= 15 is 0 Å². The molecule has 170 valence electrons. The van der Waals surface area contributed by atoms with Crippen molar-refractivity contribution in [2.45, 2.75) is 26.3 Å². The molecule has 1 N–H and O–H groups in total. The summed E-state index contributed by atoms with van der Waals surface area (Å²) in [7, 11) is 1.58. The van der Waals surface area contributed by atoms with Crippen LogP contribution in [-0.2, 0) is 14.3 Å². The number of likely N-dealkylation sites (tertiary alicyclic amines) is 1. The van der Waals surface area contributed by atoms with Crippen molar-refractivity contribution in [3.8, 4) is 11.5 Å². The molecule has 0 spiro atoms. The molecular formula is C24H28N2O6. The molecule has 3 rings (SSSR count). The van der Waals surface area contributed by atoms with E-state index in [1.165, 1.54) is 17.3 Å². The summed E-state index contributed by atoms with van der Waals surface area (Å²) < 4.78 is 16.5. The number of amides is 1. The van der Waals surface area contributed by atoms with Gasteiger partial charge >= 0.3 is 0 Å². The summed E-state index contributed by atoms with van der Waals surface area (Å²) in [5, 5.41) is 11.0. The second-order valence-electron chi connectivity index (χ2n) is 7.15. The van der Waals surface area contributed by atoms with E-state index in [1.807, 2.05) is 13.8 Å². The molecule has 1 atom stereocenters. The summed E-state index contributed by atoms with van der Waals surface area (Å²) >= 11 is 0. The number of aliphatic hydroxyl groups excluding tert-OH is 1. The second-order valence-corrected chi connectivity index (χ2v) is 7.15. The number of ketones is 1. The highest BCUT2D eigenvalue weighted by molar-refractivity contribution is 6.46. The number of methoxy groups -OCH3 is 1. The highest BCUT2D eigenvalue weighted by atomic mass is 16.5. The quantitative estimate of drug-likeness (QED) is 0.262. The van der Waals surface area contributed by atoms with E-state index in [2.05, 4.69) is 4.98 Å². The number of carbonyl (C=O) groups is 2. The number of pyridine rings is 1. The van der Waals surface area contributed by atoms with Crippen LogP contribution in [0.15, 0.2) is 48.3 Å². The smallest absolute Gasteiger partial charge is 0.295 e. The number of aromatic nitrogens is 1. The maximum atomic E-state index is 13.0. The highest BCUT2D eigenvalue weighted by Crippen LogP contribution is 2.42. The van der Waals surface area contributed by atoms with Crippen LogP contribution >= 0.6 is 0 Å². The normalized spacial score (nSPS) is 17.6. The zero-order valence-corrected chi connectivity index (χ0v) is 18.5. The van der Waals surface area contributed by atoms with E-state index in [9.17, 15) is 14.7 Å². The van der Waals surface area contributed by atoms with Gasteiger partial charge in [-0.1, -0.05) is 6.07 Å². The SMILES string of the molecule is CCOc1ccc(C2C(=C(O)c3ccncc3)C(=O)C(=O)N2CCCOC)cc1OCC. The van der Waals surface area contributed by atoms with Gasteiger partial charge < -0.3 is 24.2 Å². The molecule has 1 amide bonds. The van der Waals surface area contributed by atoms with Crippen LogP contribution < -0.4 is 9.47 Å². The molecule has 1 aromatic carbocycles. The summed E-state index contributed by atoms with van der Waals surface area (Å²) in [4.78, 5) is 31.4. The Bertz CT molecular complexity index is 989. The van der Waals surface area contributed by atoms with Gasteiger partial charge in [-0.25, -0.2) is 0 Å². The monoisotopic (exact) mass is 440 g/mol. The topological polar surface area (TPSA) is 98.2 Å². The molecule has 0 saturated carbocycles. The molecule has 8 nitrogen and oxygen atoms in total. The molecule has 2 heterocycles. The van der Waals surface area contributed by atoms with Crippen molar-refractivity contribution in [2.75, 3.05) is 33.5 Å². The van der Waals surface area contributed by atoms with Crippen LogP contribution in [0, 0.1) is 0 Å². The first kappa shape index (κ1) is 23.3. The number of hydrogen-bond donors (Lipinski definition) is 1. The molecule has 0 radical (unpaired) electrons. The Hall–Kier alpha value is -3.39. The van der Waals surface area contributed by atoms with Crippen molar-refractivity contribution in [1.82, 2.24) is 9.88 Å². The van der Waals surface area contributed by atoms with E-state index in [-0.39, 0.29) is 11.3 Å². The Labute approximate surface area is 187 Å². The van der Waals surface area contributed by atoms with Gasteiger partial charge in [0.1, 0.15) is 5.76 Å². The molecule has 1 aromatic heterocycles. The zero-order valence-electron chi connectivity index (χ0n) is 18.5. The predicted molar refractivity (Wildman–Crippen MR) is 119 cm³/mol.